The maximum absolute atomic E-state index is 12.3. The molecular formula is C46H59BIN7O8. The number of hydrogen-bond acceptors (Lipinski definition) is 14. The summed E-state index contributed by atoms with van der Waals surface area (Å²) in [7, 11) is -1.44. The SMILES string of the molecule is Cc1cc(OC(C)C)cc2c(I)nn(C(=O)OC(C)(C)C)c12.Cc1cc(OC(C)C)cc2c1CN=C2c1ccnc(N2CCOCC2)c1.OB(O)c1ccnc(N2CCOCC2)c1. The molecule has 15 nitrogen and oxygen atoms in total. The van der Waals surface area contributed by atoms with Gasteiger partial charge < -0.3 is 43.5 Å². The van der Waals surface area contributed by atoms with E-state index in [-0.39, 0.29) is 12.2 Å². The van der Waals surface area contributed by atoms with Crippen molar-refractivity contribution >= 4 is 69.5 Å². The lowest BCUT2D eigenvalue weighted by atomic mass is 9.81. The molecule has 2 N–H and O–H groups in total. The molecule has 0 saturated carbocycles. The summed E-state index contributed by atoms with van der Waals surface area (Å²) in [5, 5.41) is 23.3. The first-order valence-electron chi connectivity index (χ1n) is 21.3. The van der Waals surface area contributed by atoms with Gasteiger partial charge in [-0.2, -0.15) is 9.78 Å². The Bertz CT molecular complexity index is 2390. The van der Waals surface area contributed by atoms with Crippen molar-refractivity contribution in [2.24, 2.45) is 4.99 Å². The molecule has 0 atom stereocenters. The Hall–Kier alpha value is -4.82. The van der Waals surface area contributed by atoms with E-state index in [0.29, 0.717) is 18.7 Å². The fourth-order valence-corrected chi connectivity index (χ4v) is 7.91. The largest absolute Gasteiger partial charge is 0.491 e. The minimum Gasteiger partial charge on any atom is -0.491 e. The zero-order valence-corrected chi connectivity index (χ0v) is 39.9. The number of fused-ring (bicyclic) bond motifs is 2. The molecule has 0 unspecified atom stereocenters. The molecule has 0 radical (unpaired) electrons. The number of rotatable bonds is 8. The van der Waals surface area contributed by atoms with Gasteiger partial charge in [-0.15, -0.1) is 0 Å². The molecule has 0 spiro atoms. The van der Waals surface area contributed by atoms with E-state index in [9.17, 15) is 4.79 Å². The van der Waals surface area contributed by atoms with Crippen molar-refractivity contribution in [2.75, 3.05) is 62.4 Å². The van der Waals surface area contributed by atoms with Crippen LogP contribution in [0.3, 0.4) is 0 Å². The lowest BCUT2D eigenvalue weighted by molar-refractivity contribution is 0.0521. The fourth-order valence-electron chi connectivity index (χ4n) is 7.28. The second kappa shape index (κ2) is 21.2. The van der Waals surface area contributed by atoms with Crippen LogP contribution in [0.25, 0.3) is 10.9 Å². The summed E-state index contributed by atoms with van der Waals surface area (Å²) in [6, 6.07) is 15.5. The average molecular weight is 976 g/mol. The van der Waals surface area contributed by atoms with Crippen LogP contribution in [-0.2, 0) is 20.8 Å². The number of benzene rings is 2. The minimum absolute atomic E-state index is 0.0930. The van der Waals surface area contributed by atoms with E-state index in [0.717, 1.165) is 101 Å². The lowest BCUT2D eigenvalue weighted by Crippen LogP contribution is -2.38. The molecule has 2 saturated heterocycles. The topological polar surface area (TPSA) is 166 Å². The Morgan fingerprint density at radius 2 is 1.35 bits per heavy atom. The Labute approximate surface area is 384 Å². The Morgan fingerprint density at radius 1 is 0.794 bits per heavy atom. The molecule has 0 bridgehead atoms. The van der Waals surface area contributed by atoms with Crippen LogP contribution >= 0.6 is 22.6 Å². The van der Waals surface area contributed by atoms with Crippen molar-refractivity contribution in [3.63, 3.8) is 0 Å². The van der Waals surface area contributed by atoms with Crippen molar-refractivity contribution in [1.82, 2.24) is 19.7 Å². The highest BCUT2D eigenvalue weighted by Crippen LogP contribution is 2.32. The molecule has 3 aromatic heterocycles. The number of carbonyl (C=O) groups is 1. The van der Waals surface area contributed by atoms with Crippen molar-refractivity contribution < 1.29 is 38.5 Å². The summed E-state index contributed by atoms with van der Waals surface area (Å²) < 4.78 is 29.9. The smallest absolute Gasteiger partial charge is 0.488 e. The number of halogens is 1. The standard InChI is InChI=1S/C21H25N3O2.C16H21IN2O3.C9H13BN2O3/c1-14(2)26-17-10-15(3)19-13-23-21(18(19)12-17)16-4-5-22-20(11-16)24-6-8-25-9-7-24;1-9(2)21-11-7-10(3)13-12(8-11)14(17)18-19(13)15(20)22-16(4,5)6;13-10(14)8-1-2-11-9(7-8)12-3-5-15-6-4-12/h4-5,10-12,14H,6-9,13H2,1-3H3;7-9H,1-6H3;1-2,7,13-14H,3-6H2. The van der Waals surface area contributed by atoms with E-state index in [1.165, 1.54) is 21.4 Å². The fraction of sp³-hybridized carbons (Fsp3) is 0.457. The van der Waals surface area contributed by atoms with Gasteiger partial charge in [0.2, 0.25) is 0 Å². The second-order valence-electron chi connectivity index (χ2n) is 17.0. The Morgan fingerprint density at radius 3 is 1.92 bits per heavy atom. The summed E-state index contributed by atoms with van der Waals surface area (Å²) in [5.41, 5.74) is 7.45. The molecule has 2 fully saturated rings. The first-order valence-corrected chi connectivity index (χ1v) is 22.4. The van der Waals surface area contributed by atoms with Crippen LogP contribution in [0.2, 0.25) is 0 Å². The normalized spacial score (nSPS) is 15.0. The predicted octanol–water partition coefficient (Wildman–Crippen LogP) is 6.48. The van der Waals surface area contributed by atoms with Crippen LogP contribution < -0.4 is 24.7 Å². The van der Waals surface area contributed by atoms with Crippen LogP contribution in [-0.4, -0.2) is 119 Å². The van der Waals surface area contributed by atoms with E-state index in [1.807, 2.05) is 65.9 Å². The summed E-state index contributed by atoms with van der Waals surface area (Å²) in [6.45, 7) is 24.6. The Balaban J connectivity index is 0.000000163. The first kappa shape index (κ1) is 47.7. The van der Waals surface area contributed by atoms with Crippen LogP contribution in [0.15, 0.2) is 65.9 Å². The number of aromatic nitrogens is 4. The predicted molar refractivity (Wildman–Crippen MR) is 255 cm³/mol. The molecule has 0 amide bonds. The van der Waals surface area contributed by atoms with Gasteiger partial charge in [0.05, 0.1) is 56.4 Å². The number of ether oxygens (including phenoxy) is 5. The molecule has 336 valence electrons. The van der Waals surface area contributed by atoms with E-state index in [4.69, 9.17) is 38.7 Å². The van der Waals surface area contributed by atoms with Crippen LogP contribution in [0.4, 0.5) is 16.4 Å². The maximum Gasteiger partial charge on any atom is 0.488 e. The van der Waals surface area contributed by atoms with Crippen LogP contribution in [0.1, 0.15) is 76.3 Å². The van der Waals surface area contributed by atoms with E-state index >= 15 is 0 Å². The zero-order chi connectivity index (χ0) is 45.4. The number of morpholine rings is 2. The third kappa shape index (κ3) is 12.7. The van der Waals surface area contributed by atoms with Gasteiger partial charge in [-0.25, -0.2) is 14.8 Å². The van der Waals surface area contributed by atoms with E-state index in [2.05, 4.69) is 86.4 Å². The van der Waals surface area contributed by atoms with E-state index < -0.39 is 18.8 Å². The highest BCUT2D eigenvalue weighted by Gasteiger charge is 2.25. The number of aryl methyl sites for hydroxylation is 2. The number of aliphatic imine (C=N–C) groups is 1. The molecule has 5 aromatic rings. The highest BCUT2D eigenvalue weighted by atomic mass is 127. The van der Waals surface area contributed by atoms with Crippen LogP contribution in [0, 0.1) is 17.5 Å². The van der Waals surface area contributed by atoms with Gasteiger partial charge in [0, 0.05) is 55.1 Å². The molecule has 17 heteroatoms. The van der Waals surface area contributed by atoms with Crippen molar-refractivity contribution in [1.29, 1.82) is 0 Å². The number of anilines is 2. The van der Waals surface area contributed by atoms with Crippen molar-refractivity contribution in [3.8, 4) is 11.5 Å². The third-order valence-electron chi connectivity index (χ3n) is 10.1. The zero-order valence-electron chi connectivity index (χ0n) is 37.7. The molecule has 2 aromatic carbocycles. The van der Waals surface area contributed by atoms with Crippen LogP contribution in [0.5, 0.6) is 11.5 Å². The quantitative estimate of drug-likeness (QED) is 0.128. The van der Waals surface area contributed by atoms with Gasteiger partial charge in [-0.3, -0.25) is 4.99 Å². The third-order valence-corrected chi connectivity index (χ3v) is 10.9. The average Bonchev–Trinajstić information content (AvgIpc) is 3.83. The van der Waals surface area contributed by atoms with E-state index in [1.54, 1.807) is 18.3 Å². The molecule has 8 rings (SSSR count). The molecule has 63 heavy (non-hydrogen) atoms. The van der Waals surface area contributed by atoms with Crippen molar-refractivity contribution in [2.45, 2.75) is 86.7 Å². The van der Waals surface area contributed by atoms with Crippen molar-refractivity contribution in [3.05, 3.63) is 92.4 Å². The molecule has 3 aliphatic rings. The maximum atomic E-state index is 12.3. The summed E-state index contributed by atoms with van der Waals surface area (Å²) in [4.78, 5) is 30.3. The minimum atomic E-state index is -1.44. The van der Waals surface area contributed by atoms with Gasteiger partial charge in [0.25, 0.3) is 0 Å². The summed E-state index contributed by atoms with van der Waals surface area (Å²) in [6.07, 6.45) is 3.24. The molecular weight excluding hydrogens is 916 g/mol. The highest BCUT2D eigenvalue weighted by molar-refractivity contribution is 14.1. The molecule has 6 heterocycles. The van der Waals surface area contributed by atoms with Gasteiger partial charge in [0.1, 0.15) is 32.4 Å². The van der Waals surface area contributed by atoms with Gasteiger partial charge in [-0.1, -0.05) is 0 Å². The summed E-state index contributed by atoms with van der Waals surface area (Å²) >= 11 is 2.12. The van der Waals surface area contributed by atoms with Gasteiger partial charge >= 0.3 is 13.2 Å². The van der Waals surface area contributed by atoms with Gasteiger partial charge in [0.15, 0.2) is 0 Å². The Kier molecular flexibility index (Phi) is 16.1. The number of pyridine rings is 2. The summed E-state index contributed by atoms with van der Waals surface area (Å²) in [5.74, 6) is 3.45. The number of carbonyl (C=O) groups excluding carboxylic acids is 1. The lowest BCUT2D eigenvalue weighted by Gasteiger charge is -2.28. The number of nitrogens with zero attached hydrogens (tertiary/aromatic N) is 7. The molecule has 0 aliphatic carbocycles. The number of hydrogen-bond donors (Lipinski definition) is 2. The molecule has 3 aliphatic heterocycles. The second-order valence-corrected chi connectivity index (χ2v) is 18.0. The monoisotopic (exact) mass is 975 g/mol. The van der Waals surface area contributed by atoms with Gasteiger partial charge in [-0.05, 0) is 156 Å². The first-order chi connectivity index (χ1) is 30.0.